The van der Waals surface area contributed by atoms with Crippen molar-refractivity contribution in [2.75, 3.05) is 18.8 Å². The predicted molar refractivity (Wildman–Crippen MR) is 76.9 cm³/mol. The zero-order chi connectivity index (χ0) is 14.8. The van der Waals surface area contributed by atoms with Gasteiger partial charge < -0.3 is 4.52 Å². The molecule has 1 aliphatic rings. The summed E-state index contributed by atoms with van der Waals surface area (Å²) in [6.07, 6.45) is 1.90. The molecule has 2 heterocycles. The van der Waals surface area contributed by atoms with Gasteiger partial charge in [-0.15, -0.1) is 0 Å². The zero-order valence-corrected chi connectivity index (χ0v) is 13.2. The Labute approximate surface area is 120 Å². The first kappa shape index (κ1) is 15.5. The number of likely N-dealkylation sites (tertiary alicyclic amines) is 1. The van der Waals surface area contributed by atoms with Crippen molar-refractivity contribution in [2.45, 2.75) is 46.2 Å². The van der Waals surface area contributed by atoms with Crippen molar-refractivity contribution in [3.05, 3.63) is 17.0 Å². The topological polar surface area (TPSA) is 75.4 Å². The Morgan fingerprint density at radius 1 is 1.45 bits per heavy atom. The van der Waals surface area contributed by atoms with Gasteiger partial charge in [-0.05, 0) is 40.2 Å². The minimum atomic E-state index is -3.13. The van der Waals surface area contributed by atoms with E-state index in [1.165, 1.54) is 0 Å². The highest BCUT2D eigenvalue weighted by Gasteiger charge is 2.24. The second-order valence-corrected chi connectivity index (χ2v) is 7.44. The normalized spacial score (nSPS) is 21.2. The van der Waals surface area contributed by atoms with Crippen LogP contribution in [0.25, 0.3) is 0 Å². The number of hydrogen-bond acceptors (Lipinski definition) is 5. The number of rotatable bonds is 5. The van der Waals surface area contributed by atoms with Crippen molar-refractivity contribution in [3.63, 3.8) is 0 Å². The lowest BCUT2D eigenvalue weighted by Crippen LogP contribution is -2.47. The number of hydrogen-bond donors (Lipinski definition) is 1. The Morgan fingerprint density at radius 3 is 2.80 bits per heavy atom. The van der Waals surface area contributed by atoms with Crippen LogP contribution in [0.5, 0.6) is 0 Å². The largest absolute Gasteiger partial charge is 0.361 e. The fourth-order valence-electron chi connectivity index (χ4n) is 2.58. The molecule has 0 aromatic carbocycles. The molecule has 114 valence electrons. The average molecular weight is 301 g/mol. The summed E-state index contributed by atoms with van der Waals surface area (Å²) in [6.45, 7) is 8.00. The molecular formula is C13H23N3O3S. The molecule has 0 unspecified atom stereocenters. The van der Waals surface area contributed by atoms with Crippen LogP contribution in [0.15, 0.2) is 4.52 Å². The first-order valence-corrected chi connectivity index (χ1v) is 8.70. The first-order valence-electron chi connectivity index (χ1n) is 7.05. The molecule has 1 aromatic heterocycles. The number of aromatic nitrogens is 1. The van der Waals surface area contributed by atoms with Gasteiger partial charge in [-0.1, -0.05) is 5.16 Å². The summed E-state index contributed by atoms with van der Waals surface area (Å²) >= 11 is 0. The van der Waals surface area contributed by atoms with E-state index in [4.69, 9.17) is 4.52 Å². The van der Waals surface area contributed by atoms with Crippen LogP contribution in [0.1, 0.15) is 36.8 Å². The molecule has 0 radical (unpaired) electrons. The molecule has 0 amide bonds. The summed E-state index contributed by atoms with van der Waals surface area (Å²) < 4.78 is 31.2. The molecule has 20 heavy (non-hydrogen) atoms. The van der Waals surface area contributed by atoms with Crippen LogP contribution >= 0.6 is 0 Å². The molecular weight excluding hydrogens is 278 g/mol. The van der Waals surface area contributed by atoms with E-state index < -0.39 is 10.0 Å². The minimum absolute atomic E-state index is 0.00849. The summed E-state index contributed by atoms with van der Waals surface area (Å²) in [5.41, 5.74) is 2.03. The quantitative estimate of drug-likeness (QED) is 0.884. The molecule has 1 saturated heterocycles. The van der Waals surface area contributed by atoms with E-state index >= 15 is 0 Å². The van der Waals surface area contributed by atoms with Crippen molar-refractivity contribution in [3.8, 4) is 0 Å². The van der Waals surface area contributed by atoms with Gasteiger partial charge >= 0.3 is 0 Å². The van der Waals surface area contributed by atoms with E-state index in [0.29, 0.717) is 0 Å². The zero-order valence-electron chi connectivity index (χ0n) is 12.3. The Morgan fingerprint density at radius 2 is 2.20 bits per heavy atom. The predicted octanol–water partition coefficient (Wildman–Crippen LogP) is 1.20. The van der Waals surface area contributed by atoms with Crippen LogP contribution in [-0.4, -0.2) is 43.4 Å². The minimum Gasteiger partial charge on any atom is -0.361 e. The number of sulfonamides is 1. The Balaban J connectivity index is 1.97. The fraction of sp³-hybridized carbons (Fsp3) is 0.769. The van der Waals surface area contributed by atoms with E-state index in [-0.39, 0.29) is 11.8 Å². The SMILES string of the molecule is CCS(=O)(=O)N[C@@H]1CCCN(Cc2c(C)noc2C)C1. The Kier molecular flexibility index (Phi) is 4.82. The van der Waals surface area contributed by atoms with E-state index in [0.717, 1.165) is 49.5 Å². The van der Waals surface area contributed by atoms with Gasteiger partial charge in [-0.25, -0.2) is 13.1 Å². The van der Waals surface area contributed by atoms with Crippen molar-refractivity contribution < 1.29 is 12.9 Å². The summed E-state index contributed by atoms with van der Waals surface area (Å²) in [5, 5.41) is 3.96. The second-order valence-electron chi connectivity index (χ2n) is 5.40. The monoisotopic (exact) mass is 301 g/mol. The van der Waals surface area contributed by atoms with E-state index in [1.54, 1.807) is 6.92 Å². The second kappa shape index (κ2) is 6.24. The smallest absolute Gasteiger partial charge is 0.211 e. The number of nitrogens with zero attached hydrogens (tertiary/aromatic N) is 2. The highest BCUT2D eigenvalue weighted by Crippen LogP contribution is 2.18. The molecule has 1 atom stereocenters. The van der Waals surface area contributed by atoms with Gasteiger partial charge in [0.2, 0.25) is 10.0 Å². The molecule has 1 fully saturated rings. The van der Waals surface area contributed by atoms with Gasteiger partial charge in [0.15, 0.2) is 0 Å². The van der Waals surface area contributed by atoms with Gasteiger partial charge in [0.05, 0.1) is 11.4 Å². The van der Waals surface area contributed by atoms with Crippen LogP contribution in [0, 0.1) is 13.8 Å². The number of nitrogens with one attached hydrogen (secondary N) is 1. The summed E-state index contributed by atoms with van der Waals surface area (Å²) in [4.78, 5) is 2.26. The van der Waals surface area contributed by atoms with Crippen LogP contribution in [0.4, 0.5) is 0 Å². The number of piperidine rings is 1. The number of aryl methyl sites for hydroxylation is 2. The molecule has 0 spiro atoms. The lowest BCUT2D eigenvalue weighted by Gasteiger charge is -2.32. The average Bonchev–Trinajstić information content (AvgIpc) is 2.71. The van der Waals surface area contributed by atoms with Crippen molar-refractivity contribution in [1.29, 1.82) is 0 Å². The third-order valence-corrected chi connectivity index (χ3v) is 5.25. The highest BCUT2D eigenvalue weighted by atomic mass is 32.2. The summed E-state index contributed by atoms with van der Waals surface area (Å²) in [6, 6.07) is 0.00849. The van der Waals surface area contributed by atoms with Crippen LogP contribution in [0.3, 0.4) is 0 Å². The maximum absolute atomic E-state index is 11.6. The molecule has 1 N–H and O–H groups in total. The summed E-state index contributed by atoms with van der Waals surface area (Å²) in [7, 11) is -3.13. The third kappa shape index (κ3) is 3.80. The van der Waals surface area contributed by atoms with Gasteiger partial charge in [-0.3, -0.25) is 4.90 Å². The summed E-state index contributed by atoms with van der Waals surface area (Å²) in [5.74, 6) is 0.978. The van der Waals surface area contributed by atoms with E-state index in [2.05, 4.69) is 14.8 Å². The Bertz CT molecular complexity index is 534. The van der Waals surface area contributed by atoms with Crippen LogP contribution < -0.4 is 4.72 Å². The molecule has 6 nitrogen and oxygen atoms in total. The first-order chi connectivity index (χ1) is 9.41. The third-order valence-electron chi connectivity index (χ3n) is 3.79. The van der Waals surface area contributed by atoms with Gasteiger partial charge in [0.25, 0.3) is 0 Å². The standard InChI is InChI=1S/C13H23N3O3S/c1-4-20(17,18)15-12-6-5-7-16(8-12)9-13-10(2)14-19-11(13)3/h12,15H,4-9H2,1-3H3/t12-/m1/s1. The molecule has 0 saturated carbocycles. The molecule has 1 aliphatic heterocycles. The fourth-order valence-corrected chi connectivity index (χ4v) is 3.45. The van der Waals surface area contributed by atoms with Gasteiger partial charge in [-0.2, -0.15) is 0 Å². The van der Waals surface area contributed by atoms with Crippen molar-refractivity contribution >= 4 is 10.0 Å². The maximum atomic E-state index is 11.6. The van der Waals surface area contributed by atoms with Gasteiger partial charge in [0, 0.05) is 24.7 Å². The molecule has 1 aromatic rings. The maximum Gasteiger partial charge on any atom is 0.211 e. The van der Waals surface area contributed by atoms with E-state index in [1.807, 2.05) is 13.8 Å². The molecule has 2 rings (SSSR count). The van der Waals surface area contributed by atoms with Crippen LogP contribution in [-0.2, 0) is 16.6 Å². The molecule has 0 bridgehead atoms. The highest BCUT2D eigenvalue weighted by molar-refractivity contribution is 7.89. The van der Waals surface area contributed by atoms with Crippen molar-refractivity contribution in [1.82, 2.24) is 14.8 Å². The van der Waals surface area contributed by atoms with Crippen LogP contribution in [0.2, 0.25) is 0 Å². The molecule has 7 heteroatoms. The van der Waals surface area contributed by atoms with Gasteiger partial charge in [0.1, 0.15) is 5.76 Å². The lowest BCUT2D eigenvalue weighted by atomic mass is 10.1. The van der Waals surface area contributed by atoms with E-state index in [9.17, 15) is 8.42 Å². The van der Waals surface area contributed by atoms with Crippen molar-refractivity contribution in [2.24, 2.45) is 0 Å². The Hall–Kier alpha value is -0.920. The lowest BCUT2D eigenvalue weighted by molar-refractivity contribution is 0.193. The molecule has 0 aliphatic carbocycles.